The zero-order valence-electron chi connectivity index (χ0n) is 11.6. The van der Waals surface area contributed by atoms with E-state index in [9.17, 15) is 0 Å². The smallest absolute Gasteiger partial charge is 0.154 e. The van der Waals surface area contributed by atoms with Crippen LogP contribution in [-0.4, -0.2) is 39.3 Å². The molecule has 2 aliphatic heterocycles. The normalized spacial score (nSPS) is 26.2. The van der Waals surface area contributed by atoms with Crippen LogP contribution in [0.5, 0.6) is 0 Å². The van der Waals surface area contributed by atoms with Crippen molar-refractivity contribution in [3.05, 3.63) is 11.6 Å². The first-order chi connectivity index (χ1) is 8.76. The Morgan fingerprint density at radius 2 is 2.00 bits per heavy atom. The van der Waals surface area contributed by atoms with Gasteiger partial charge in [0.05, 0.1) is 0 Å². The molecule has 0 N–H and O–H groups in total. The predicted octanol–water partition coefficient (Wildman–Crippen LogP) is 2.06. The van der Waals surface area contributed by atoms with E-state index in [1.165, 1.54) is 44.7 Å². The van der Waals surface area contributed by atoms with Gasteiger partial charge in [0.25, 0.3) is 0 Å². The summed E-state index contributed by atoms with van der Waals surface area (Å²) in [6, 6.07) is 0. The predicted molar refractivity (Wildman–Crippen MR) is 71.6 cm³/mol. The number of aryl methyl sites for hydroxylation is 1. The molecule has 0 amide bonds. The number of nitrogens with zero attached hydrogens (tertiary/aromatic N) is 4. The Labute approximate surface area is 109 Å². The average molecular weight is 248 g/mol. The van der Waals surface area contributed by atoms with Gasteiger partial charge >= 0.3 is 0 Å². The van der Waals surface area contributed by atoms with E-state index >= 15 is 0 Å². The molecule has 0 saturated carbocycles. The minimum Gasteiger partial charge on any atom is -0.304 e. The van der Waals surface area contributed by atoms with Crippen molar-refractivity contribution >= 4 is 0 Å². The van der Waals surface area contributed by atoms with Crippen molar-refractivity contribution in [2.24, 2.45) is 5.92 Å². The van der Waals surface area contributed by atoms with Crippen molar-refractivity contribution in [1.29, 1.82) is 0 Å². The molecular weight excluding hydrogens is 224 g/mol. The van der Waals surface area contributed by atoms with Crippen LogP contribution in [0.1, 0.15) is 50.7 Å². The van der Waals surface area contributed by atoms with E-state index in [2.05, 4.69) is 23.4 Å². The van der Waals surface area contributed by atoms with E-state index in [1.807, 2.05) is 0 Å². The second kappa shape index (κ2) is 5.00. The Morgan fingerprint density at radius 1 is 1.22 bits per heavy atom. The average Bonchev–Trinajstić information content (AvgIpc) is 2.81. The fourth-order valence-electron chi connectivity index (χ4n) is 3.17. The summed E-state index contributed by atoms with van der Waals surface area (Å²) in [5, 5.41) is 4.76. The topological polar surface area (TPSA) is 34.0 Å². The van der Waals surface area contributed by atoms with Gasteiger partial charge in [-0.05, 0) is 44.8 Å². The maximum atomic E-state index is 4.79. The molecule has 3 rings (SSSR count). The van der Waals surface area contributed by atoms with Gasteiger partial charge in [-0.3, -0.25) is 0 Å². The number of piperidine rings is 1. The Kier molecular flexibility index (Phi) is 3.37. The van der Waals surface area contributed by atoms with Gasteiger partial charge in [-0.2, -0.15) is 5.10 Å². The molecule has 0 radical (unpaired) electrons. The van der Waals surface area contributed by atoms with E-state index in [0.717, 1.165) is 24.7 Å². The van der Waals surface area contributed by atoms with Gasteiger partial charge in [-0.25, -0.2) is 9.67 Å². The summed E-state index contributed by atoms with van der Waals surface area (Å²) in [5.74, 6) is 3.70. The van der Waals surface area contributed by atoms with Gasteiger partial charge in [0.1, 0.15) is 5.82 Å². The Hall–Kier alpha value is -0.900. The molecule has 2 aliphatic rings. The van der Waals surface area contributed by atoms with Gasteiger partial charge in [-0.15, -0.1) is 0 Å². The summed E-state index contributed by atoms with van der Waals surface area (Å²) < 4.78 is 2.16. The second-order valence-electron chi connectivity index (χ2n) is 5.92. The zero-order valence-corrected chi connectivity index (χ0v) is 11.6. The quantitative estimate of drug-likeness (QED) is 0.803. The first-order valence-electron chi connectivity index (χ1n) is 7.42. The van der Waals surface area contributed by atoms with Crippen molar-refractivity contribution < 1.29 is 0 Å². The SMILES string of the molecule is CCN1CCC(c2nc3n(n2)CC(C)CC3)CC1. The number of rotatable bonds is 2. The van der Waals surface area contributed by atoms with E-state index in [4.69, 9.17) is 10.1 Å². The summed E-state index contributed by atoms with van der Waals surface area (Å²) in [6.45, 7) is 9.22. The molecule has 1 fully saturated rings. The van der Waals surface area contributed by atoms with Crippen LogP contribution in [0.2, 0.25) is 0 Å². The van der Waals surface area contributed by atoms with Crippen LogP contribution < -0.4 is 0 Å². The zero-order chi connectivity index (χ0) is 12.5. The third kappa shape index (κ3) is 2.30. The van der Waals surface area contributed by atoms with Crippen LogP contribution in [0.3, 0.4) is 0 Å². The van der Waals surface area contributed by atoms with Crippen molar-refractivity contribution in [2.75, 3.05) is 19.6 Å². The number of hydrogen-bond acceptors (Lipinski definition) is 3. The van der Waals surface area contributed by atoms with Gasteiger partial charge in [0.2, 0.25) is 0 Å². The van der Waals surface area contributed by atoms with Gasteiger partial charge in [0.15, 0.2) is 5.82 Å². The Bertz CT molecular complexity index is 404. The molecule has 0 bridgehead atoms. The van der Waals surface area contributed by atoms with Crippen LogP contribution in [0, 0.1) is 5.92 Å². The molecule has 3 heterocycles. The third-order valence-electron chi connectivity index (χ3n) is 4.51. The van der Waals surface area contributed by atoms with E-state index in [1.54, 1.807) is 0 Å². The highest BCUT2D eigenvalue weighted by atomic mass is 15.4. The molecule has 0 aromatic carbocycles. The van der Waals surface area contributed by atoms with Gasteiger partial charge < -0.3 is 4.90 Å². The summed E-state index contributed by atoms with van der Waals surface area (Å²) in [4.78, 5) is 7.32. The van der Waals surface area contributed by atoms with E-state index in [-0.39, 0.29) is 0 Å². The van der Waals surface area contributed by atoms with Crippen LogP contribution in [0.4, 0.5) is 0 Å². The highest BCUT2D eigenvalue weighted by Crippen LogP contribution is 2.27. The van der Waals surface area contributed by atoms with Crippen molar-refractivity contribution in [1.82, 2.24) is 19.7 Å². The van der Waals surface area contributed by atoms with Gasteiger partial charge in [0, 0.05) is 18.9 Å². The second-order valence-corrected chi connectivity index (χ2v) is 5.92. The first kappa shape index (κ1) is 12.2. The van der Waals surface area contributed by atoms with E-state index in [0.29, 0.717) is 5.92 Å². The summed E-state index contributed by atoms with van der Waals surface area (Å²) in [6.07, 6.45) is 4.84. The standard InChI is InChI=1S/C14H24N4/c1-3-17-8-6-12(7-9-17)14-15-13-5-4-11(2)10-18(13)16-14/h11-12H,3-10H2,1-2H3. The first-order valence-corrected chi connectivity index (χ1v) is 7.42. The highest BCUT2D eigenvalue weighted by molar-refractivity contribution is 5.03. The molecule has 18 heavy (non-hydrogen) atoms. The van der Waals surface area contributed by atoms with Crippen LogP contribution in [-0.2, 0) is 13.0 Å². The molecule has 4 heteroatoms. The molecule has 0 aliphatic carbocycles. The maximum absolute atomic E-state index is 4.79. The lowest BCUT2D eigenvalue weighted by Gasteiger charge is -2.29. The van der Waals surface area contributed by atoms with Crippen LogP contribution in [0.15, 0.2) is 0 Å². The number of aromatic nitrogens is 3. The van der Waals surface area contributed by atoms with E-state index < -0.39 is 0 Å². The Balaban J connectivity index is 1.70. The van der Waals surface area contributed by atoms with Gasteiger partial charge in [-0.1, -0.05) is 13.8 Å². The molecular formula is C14H24N4. The number of likely N-dealkylation sites (tertiary alicyclic amines) is 1. The lowest BCUT2D eigenvalue weighted by atomic mass is 9.96. The molecule has 1 aromatic heterocycles. The molecule has 4 nitrogen and oxygen atoms in total. The fourth-order valence-corrected chi connectivity index (χ4v) is 3.17. The van der Waals surface area contributed by atoms with Crippen molar-refractivity contribution in [3.63, 3.8) is 0 Å². The minimum absolute atomic E-state index is 0.598. The summed E-state index contributed by atoms with van der Waals surface area (Å²) in [5.41, 5.74) is 0. The molecule has 1 atom stereocenters. The van der Waals surface area contributed by atoms with Crippen LogP contribution >= 0.6 is 0 Å². The highest BCUT2D eigenvalue weighted by Gasteiger charge is 2.26. The molecule has 1 unspecified atom stereocenters. The Morgan fingerprint density at radius 3 is 2.72 bits per heavy atom. The number of fused-ring (bicyclic) bond motifs is 1. The molecule has 1 saturated heterocycles. The van der Waals surface area contributed by atoms with Crippen molar-refractivity contribution in [3.8, 4) is 0 Å². The monoisotopic (exact) mass is 248 g/mol. The maximum Gasteiger partial charge on any atom is 0.154 e. The van der Waals surface area contributed by atoms with Crippen molar-refractivity contribution in [2.45, 2.75) is 52.0 Å². The minimum atomic E-state index is 0.598. The molecule has 1 aromatic rings. The number of hydrogen-bond donors (Lipinski definition) is 0. The fraction of sp³-hybridized carbons (Fsp3) is 0.857. The largest absolute Gasteiger partial charge is 0.304 e. The third-order valence-corrected chi connectivity index (χ3v) is 4.51. The summed E-state index contributed by atoms with van der Waals surface area (Å²) in [7, 11) is 0. The summed E-state index contributed by atoms with van der Waals surface area (Å²) >= 11 is 0. The van der Waals surface area contributed by atoms with Crippen LogP contribution in [0.25, 0.3) is 0 Å². The molecule has 0 spiro atoms. The lowest BCUT2D eigenvalue weighted by Crippen LogP contribution is -2.32. The molecule has 100 valence electrons. The lowest BCUT2D eigenvalue weighted by molar-refractivity contribution is 0.219.